The van der Waals surface area contributed by atoms with Gasteiger partial charge in [-0.3, -0.25) is 18.4 Å². The van der Waals surface area contributed by atoms with Crippen LogP contribution in [0.25, 0.3) is 28.3 Å². The normalized spacial score (nSPS) is 11.6. The minimum atomic E-state index is -0.121. The number of nitrogens with one attached hydrogen (secondary N) is 1. The Bertz CT molecular complexity index is 1330. The van der Waals surface area contributed by atoms with Crippen molar-refractivity contribution < 1.29 is 0 Å². The monoisotopic (exact) mass is 375 g/mol. The first-order valence-corrected chi connectivity index (χ1v) is 8.98. The molecule has 5 aromatic rings. The fourth-order valence-electron chi connectivity index (χ4n) is 3.31. The molecule has 10 nitrogen and oxygen atoms in total. The molecular weight excluding hydrogens is 358 g/mol. The molecule has 5 heterocycles. The molecule has 28 heavy (non-hydrogen) atoms. The van der Waals surface area contributed by atoms with Gasteiger partial charge >= 0.3 is 0 Å². The second-order valence-electron chi connectivity index (χ2n) is 6.52. The van der Waals surface area contributed by atoms with Crippen LogP contribution in [0.1, 0.15) is 18.9 Å². The van der Waals surface area contributed by atoms with Gasteiger partial charge in [0.2, 0.25) is 5.78 Å². The summed E-state index contributed by atoms with van der Waals surface area (Å²) >= 11 is 0. The van der Waals surface area contributed by atoms with Gasteiger partial charge in [-0.15, -0.1) is 0 Å². The molecule has 0 aliphatic rings. The summed E-state index contributed by atoms with van der Waals surface area (Å²) in [6, 6.07) is 1.89. The molecule has 0 aliphatic carbocycles. The van der Waals surface area contributed by atoms with E-state index in [1.807, 2.05) is 29.8 Å². The lowest BCUT2D eigenvalue weighted by Crippen LogP contribution is -2.23. The van der Waals surface area contributed by atoms with Gasteiger partial charge in [0.25, 0.3) is 5.56 Å². The number of fused-ring (bicyclic) bond motifs is 3. The summed E-state index contributed by atoms with van der Waals surface area (Å²) in [5, 5.41) is 12.0. The first-order chi connectivity index (χ1) is 13.7. The number of nitrogens with zero attached hydrogens (tertiary/aromatic N) is 8. The van der Waals surface area contributed by atoms with Crippen molar-refractivity contribution in [2.45, 2.75) is 26.4 Å². The fourth-order valence-corrected chi connectivity index (χ4v) is 3.31. The largest absolute Gasteiger partial charge is 0.332 e. The Kier molecular flexibility index (Phi) is 3.75. The van der Waals surface area contributed by atoms with Gasteiger partial charge in [0.1, 0.15) is 5.82 Å². The lowest BCUT2D eigenvalue weighted by molar-refractivity contribution is 0.663. The van der Waals surface area contributed by atoms with E-state index in [0.29, 0.717) is 35.9 Å². The van der Waals surface area contributed by atoms with E-state index in [4.69, 9.17) is 0 Å². The third-order valence-corrected chi connectivity index (χ3v) is 4.58. The third-order valence-electron chi connectivity index (χ3n) is 4.58. The second kappa shape index (κ2) is 6.41. The maximum Gasteiger partial charge on any atom is 0.280 e. The Morgan fingerprint density at radius 1 is 1.18 bits per heavy atom. The van der Waals surface area contributed by atoms with Crippen molar-refractivity contribution in [1.29, 1.82) is 0 Å². The molecule has 5 aromatic heterocycles. The van der Waals surface area contributed by atoms with Gasteiger partial charge in [0, 0.05) is 31.3 Å². The van der Waals surface area contributed by atoms with Crippen LogP contribution in [0.2, 0.25) is 0 Å². The van der Waals surface area contributed by atoms with Gasteiger partial charge in [-0.2, -0.15) is 15.3 Å². The molecule has 10 heteroatoms. The maximum atomic E-state index is 12.9. The molecule has 140 valence electrons. The van der Waals surface area contributed by atoms with E-state index in [1.165, 1.54) is 0 Å². The number of aromatic nitrogens is 9. The molecule has 0 amide bonds. The standard InChI is InChI=1S/C18H17N9O/c1-2-6-27-17(28)14-16(26-7-5-19-18(26)27)24-15(23-14)13-9-22-25(11-13)10-12-3-4-20-21-8-12/h3-5,7-9,11H,2,6,10H2,1H3,(H,23,24). The zero-order valence-corrected chi connectivity index (χ0v) is 15.1. The molecule has 0 fully saturated rings. The van der Waals surface area contributed by atoms with Crippen LogP contribution >= 0.6 is 0 Å². The van der Waals surface area contributed by atoms with Gasteiger partial charge in [0.05, 0.1) is 24.5 Å². The highest BCUT2D eigenvalue weighted by Gasteiger charge is 2.17. The maximum absolute atomic E-state index is 12.9. The first-order valence-electron chi connectivity index (χ1n) is 8.98. The van der Waals surface area contributed by atoms with Crippen LogP contribution in [0.5, 0.6) is 0 Å². The van der Waals surface area contributed by atoms with Crippen molar-refractivity contribution in [3.05, 3.63) is 59.2 Å². The summed E-state index contributed by atoms with van der Waals surface area (Å²) in [6.07, 6.45) is 11.3. The minimum Gasteiger partial charge on any atom is -0.332 e. The highest BCUT2D eigenvalue weighted by Crippen LogP contribution is 2.19. The lowest BCUT2D eigenvalue weighted by Gasteiger charge is -2.05. The Morgan fingerprint density at radius 3 is 2.93 bits per heavy atom. The Morgan fingerprint density at radius 2 is 2.11 bits per heavy atom. The van der Waals surface area contributed by atoms with Crippen molar-refractivity contribution in [3.63, 3.8) is 0 Å². The number of rotatable bonds is 5. The topological polar surface area (TPSA) is 112 Å². The highest BCUT2D eigenvalue weighted by molar-refractivity contribution is 5.77. The summed E-state index contributed by atoms with van der Waals surface area (Å²) in [4.78, 5) is 25.1. The molecule has 0 saturated heterocycles. The van der Waals surface area contributed by atoms with E-state index < -0.39 is 0 Å². The van der Waals surface area contributed by atoms with E-state index in [9.17, 15) is 4.79 Å². The second-order valence-corrected chi connectivity index (χ2v) is 6.52. The van der Waals surface area contributed by atoms with Crippen LogP contribution in [-0.4, -0.2) is 43.9 Å². The van der Waals surface area contributed by atoms with Crippen molar-refractivity contribution in [3.8, 4) is 11.4 Å². The molecule has 0 bridgehead atoms. The number of H-pyrrole nitrogens is 1. The summed E-state index contributed by atoms with van der Waals surface area (Å²) in [5.74, 6) is 1.19. The molecule has 0 aromatic carbocycles. The van der Waals surface area contributed by atoms with Crippen LogP contribution in [0.4, 0.5) is 0 Å². The predicted octanol–water partition coefficient (Wildman–Crippen LogP) is 1.48. The highest BCUT2D eigenvalue weighted by atomic mass is 16.1. The predicted molar refractivity (Wildman–Crippen MR) is 102 cm³/mol. The lowest BCUT2D eigenvalue weighted by atomic mass is 10.3. The van der Waals surface area contributed by atoms with Crippen LogP contribution in [0.15, 0.2) is 48.0 Å². The number of imidazole rings is 2. The average Bonchev–Trinajstić information content (AvgIpc) is 3.44. The van der Waals surface area contributed by atoms with Crippen molar-refractivity contribution in [2.75, 3.05) is 0 Å². The SMILES string of the molecule is CCCn1c(=O)c2[nH]c(-c3cnn(Cc4ccnnc4)c3)nc2n2ccnc12. The summed E-state index contributed by atoms with van der Waals surface area (Å²) in [5.41, 5.74) is 2.69. The van der Waals surface area contributed by atoms with Gasteiger partial charge in [-0.05, 0) is 18.1 Å². The first kappa shape index (κ1) is 16.4. The van der Waals surface area contributed by atoms with E-state index in [2.05, 4.69) is 30.2 Å². The van der Waals surface area contributed by atoms with Crippen molar-refractivity contribution >= 4 is 16.9 Å². The van der Waals surface area contributed by atoms with E-state index >= 15 is 0 Å². The van der Waals surface area contributed by atoms with Crippen LogP contribution in [-0.2, 0) is 13.1 Å². The number of hydrogen-bond acceptors (Lipinski definition) is 6. The van der Waals surface area contributed by atoms with Crippen LogP contribution < -0.4 is 5.56 Å². The fraction of sp³-hybridized carbons (Fsp3) is 0.222. The van der Waals surface area contributed by atoms with E-state index in [0.717, 1.165) is 17.5 Å². The number of aryl methyl sites for hydroxylation is 1. The zero-order valence-electron chi connectivity index (χ0n) is 15.1. The third kappa shape index (κ3) is 2.57. The van der Waals surface area contributed by atoms with Crippen LogP contribution in [0.3, 0.4) is 0 Å². The molecule has 0 radical (unpaired) electrons. The Labute approximate surface area is 158 Å². The molecule has 0 unspecified atom stereocenters. The summed E-state index contributed by atoms with van der Waals surface area (Å²) in [6.45, 7) is 3.20. The molecule has 1 N–H and O–H groups in total. The molecule has 0 spiro atoms. The van der Waals surface area contributed by atoms with E-state index in [-0.39, 0.29) is 5.56 Å². The van der Waals surface area contributed by atoms with Crippen LogP contribution in [0, 0.1) is 0 Å². The quantitative estimate of drug-likeness (QED) is 0.498. The smallest absolute Gasteiger partial charge is 0.280 e. The molecule has 0 saturated carbocycles. The molecular formula is C18H17N9O. The van der Waals surface area contributed by atoms with Gasteiger partial charge in [0.15, 0.2) is 11.2 Å². The molecule has 5 rings (SSSR count). The molecule has 0 atom stereocenters. The average molecular weight is 375 g/mol. The summed E-state index contributed by atoms with van der Waals surface area (Å²) < 4.78 is 5.30. The summed E-state index contributed by atoms with van der Waals surface area (Å²) in [7, 11) is 0. The van der Waals surface area contributed by atoms with Crippen molar-refractivity contribution in [1.82, 2.24) is 43.9 Å². The molecule has 0 aliphatic heterocycles. The van der Waals surface area contributed by atoms with E-state index in [1.54, 1.807) is 34.0 Å². The number of aromatic amines is 1. The van der Waals surface area contributed by atoms with Gasteiger partial charge < -0.3 is 4.98 Å². The van der Waals surface area contributed by atoms with Crippen molar-refractivity contribution in [2.24, 2.45) is 0 Å². The Hall–Kier alpha value is -3.82. The van der Waals surface area contributed by atoms with Gasteiger partial charge in [-0.1, -0.05) is 6.92 Å². The zero-order chi connectivity index (χ0) is 19.1. The Balaban J connectivity index is 1.59. The minimum absolute atomic E-state index is 0.121. The number of hydrogen-bond donors (Lipinski definition) is 1. The van der Waals surface area contributed by atoms with Gasteiger partial charge in [-0.25, -0.2) is 9.97 Å².